The Kier molecular flexibility index (Phi) is 6.85. The van der Waals surface area contributed by atoms with Crippen LogP contribution in [-0.2, 0) is 10.1 Å². The summed E-state index contributed by atoms with van der Waals surface area (Å²) < 4.78 is 36.1. The molecular formula is C17H22N4O4S. The molecule has 0 spiro atoms. The summed E-state index contributed by atoms with van der Waals surface area (Å²) in [5.41, 5.74) is 0. The highest BCUT2D eigenvalue weighted by Gasteiger charge is 2.29. The lowest BCUT2D eigenvalue weighted by Crippen LogP contribution is -2.91. The molecule has 9 heteroatoms. The van der Waals surface area contributed by atoms with Crippen LogP contribution in [0.2, 0.25) is 0 Å². The van der Waals surface area contributed by atoms with Gasteiger partial charge < -0.3 is 14.4 Å². The number of quaternary nitrogens is 1. The van der Waals surface area contributed by atoms with Gasteiger partial charge in [-0.15, -0.1) is 0 Å². The van der Waals surface area contributed by atoms with E-state index in [1.807, 2.05) is 13.8 Å². The molecule has 0 bridgehead atoms. The highest BCUT2D eigenvalue weighted by atomic mass is 32.2. The van der Waals surface area contributed by atoms with Crippen LogP contribution in [0.3, 0.4) is 0 Å². The molecule has 2 heterocycles. The highest BCUT2D eigenvalue weighted by molar-refractivity contribution is 7.85. The van der Waals surface area contributed by atoms with Gasteiger partial charge in [-0.1, -0.05) is 37.2 Å². The zero-order chi connectivity index (χ0) is 19.2. The molecule has 0 radical (unpaired) electrons. The molecule has 1 fully saturated rings. The van der Waals surface area contributed by atoms with Gasteiger partial charge >= 0.3 is 0 Å². The molecule has 1 aromatic carbocycles. The third kappa shape index (κ3) is 5.62. The largest absolute Gasteiger partial charge is 0.744 e. The number of nitrogens with two attached hydrogens (primary N) is 1. The minimum atomic E-state index is -4.25. The third-order valence-electron chi connectivity index (χ3n) is 4.03. The fraction of sp³-hybridized carbons (Fsp3) is 0.471. The number of hydrogen-bond donors (Lipinski definition) is 1. The number of aromatic nitrogens is 2. The average molecular weight is 378 g/mol. The fourth-order valence-corrected chi connectivity index (χ4v) is 3.07. The molecule has 0 aliphatic carbocycles. The number of rotatable bonds is 3. The van der Waals surface area contributed by atoms with Crippen LogP contribution in [0.4, 0.5) is 0 Å². The van der Waals surface area contributed by atoms with Crippen LogP contribution in [0.5, 0.6) is 0 Å². The number of piperidine rings is 1. The highest BCUT2D eigenvalue weighted by Crippen LogP contribution is 2.25. The SMILES string of the molecule is CC(C)c1noc([C@H]2CC[NH2+][C@H](C#N)C2)n1.O=S(=O)([O-])c1ccccc1. The molecule has 1 aliphatic rings. The summed E-state index contributed by atoms with van der Waals surface area (Å²) >= 11 is 0. The maximum atomic E-state index is 10.3. The van der Waals surface area contributed by atoms with Crippen molar-refractivity contribution in [2.45, 2.75) is 49.5 Å². The molecule has 0 amide bonds. The zero-order valence-electron chi connectivity index (χ0n) is 14.7. The smallest absolute Gasteiger partial charge is 0.230 e. The van der Waals surface area contributed by atoms with Crippen molar-refractivity contribution >= 4 is 10.1 Å². The first-order chi connectivity index (χ1) is 12.3. The second-order valence-corrected chi connectivity index (χ2v) is 7.77. The van der Waals surface area contributed by atoms with Crippen LogP contribution >= 0.6 is 0 Å². The van der Waals surface area contributed by atoms with E-state index >= 15 is 0 Å². The topological polar surface area (TPSA) is 137 Å². The fourth-order valence-electron chi connectivity index (χ4n) is 2.58. The molecule has 0 unspecified atom stereocenters. The Morgan fingerprint density at radius 1 is 1.35 bits per heavy atom. The van der Waals surface area contributed by atoms with Crippen molar-refractivity contribution in [3.05, 3.63) is 42.0 Å². The molecule has 1 saturated heterocycles. The molecule has 3 rings (SSSR count). The molecule has 1 aromatic heterocycles. The Labute approximate surface area is 153 Å². The maximum Gasteiger partial charge on any atom is 0.230 e. The van der Waals surface area contributed by atoms with Crippen molar-refractivity contribution in [1.29, 1.82) is 5.26 Å². The van der Waals surface area contributed by atoms with Crippen molar-refractivity contribution in [3.8, 4) is 6.07 Å². The summed E-state index contributed by atoms with van der Waals surface area (Å²) in [4.78, 5) is 4.22. The monoisotopic (exact) mass is 378 g/mol. The first-order valence-electron chi connectivity index (χ1n) is 8.38. The van der Waals surface area contributed by atoms with Crippen LogP contribution in [0.1, 0.15) is 50.2 Å². The molecule has 2 aromatic rings. The summed E-state index contributed by atoms with van der Waals surface area (Å²) in [7, 11) is -4.25. The zero-order valence-corrected chi connectivity index (χ0v) is 15.5. The normalized spacial score (nSPS) is 20.1. The second-order valence-electron chi connectivity index (χ2n) is 6.39. The van der Waals surface area contributed by atoms with Crippen molar-refractivity contribution in [2.24, 2.45) is 0 Å². The van der Waals surface area contributed by atoms with Gasteiger partial charge in [-0.2, -0.15) is 10.2 Å². The van der Waals surface area contributed by atoms with Gasteiger partial charge in [0.25, 0.3) is 0 Å². The molecule has 1 aliphatic heterocycles. The van der Waals surface area contributed by atoms with E-state index in [1.54, 1.807) is 6.07 Å². The lowest BCUT2D eigenvalue weighted by Gasteiger charge is -2.20. The van der Waals surface area contributed by atoms with Gasteiger partial charge in [0.1, 0.15) is 16.2 Å². The molecule has 2 N–H and O–H groups in total. The summed E-state index contributed by atoms with van der Waals surface area (Å²) in [6.45, 7) is 5.05. The second kappa shape index (κ2) is 8.89. The van der Waals surface area contributed by atoms with Crippen molar-refractivity contribution in [3.63, 3.8) is 0 Å². The van der Waals surface area contributed by atoms with E-state index in [4.69, 9.17) is 9.78 Å². The average Bonchev–Trinajstić information content (AvgIpc) is 3.13. The van der Waals surface area contributed by atoms with Gasteiger partial charge in [0, 0.05) is 18.8 Å². The maximum absolute atomic E-state index is 10.3. The minimum Gasteiger partial charge on any atom is -0.744 e. The minimum absolute atomic E-state index is 0.0353. The van der Waals surface area contributed by atoms with Gasteiger partial charge in [-0.3, -0.25) is 0 Å². The molecule has 8 nitrogen and oxygen atoms in total. The van der Waals surface area contributed by atoms with E-state index in [0.29, 0.717) is 11.8 Å². The molecular weight excluding hydrogens is 356 g/mol. The Morgan fingerprint density at radius 3 is 2.54 bits per heavy atom. The first kappa shape index (κ1) is 20.0. The first-order valence-corrected chi connectivity index (χ1v) is 9.79. The van der Waals surface area contributed by atoms with E-state index in [0.717, 1.165) is 25.2 Å². The van der Waals surface area contributed by atoms with E-state index in [-0.39, 0.29) is 16.9 Å². The van der Waals surface area contributed by atoms with E-state index < -0.39 is 10.1 Å². The van der Waals surface area contributed by atoms with Crippen LogP contribution < -0.4 is 5.32 Å². The van der Waals surface area contributed by atoms with Gasteiger partial charge in [0.05, 0.1) is 17.4 Å². The summed E-state index contributed by atoms with van der Waals surface area (Å²) in [5.74, 6) is 2.02. The van der Waals surface area contributed by atoms with Crippen molar-refractivity contribution in [1.82, 2.24) is 10.1 Å². The van der Waals surface area contributed by atoms with Gasteiger partial charge in [-0.05, 0) is 12.1 Å². The lowest BCUT2D eigenvalue weighted by molar-refractivity contribution is -0.686. The molecule has 140 valence electrons. The van der Waals surface area contributed by atoms with Crippen LogP contribution in [-0.4, -0.2) is 35.7 Å². The number of nitriles is 1. The quantitative estimate of drug-likeness (QED) is 0.790. The van der Waals surface area contributed by atoms with Crippen molar-refractivity contribution in [2.75, 3.05) is 6.54 Å². The van der Waals surface area contributed by atoms with Gasteiger partial charge in [0.2, 0.25) is 5.89 Å². The molecule has 26 heavy (non-hydrogen) atoms. The number of nitrogens with zero attached hydrogens (tertiary/aromatic N) is 3. The Bertz CT molecular complexity index is 843. The summed E-state index contributed by atoms with van der Waals surface area (Å²) in [5, 5.41) is 14.9. The van der Waals surface area contributed by atoms with Crippen LogP contribution in [0.15, 0.2) is 39.8 Å². The predicted molar refractivity (Wildman–Crippen MR) is 91.0 cm³/mol. The summed E-state index contributed by atoms with van der Waals surface area (Å²) in [6.07, 6.45) is 1.83. The standard InChI is InChI=1S/C11H16N4O.C6H6O3S/c1-7(2)10-14-11(16-15-10)8-3-4-13-9(5-8)6-12;7-10(8,9)6-4-2-1-3-5-6/h7-9,13H,3-5H2,1-2H3;1-5H,(H,7,8,9)/t8-,9-;/m0./s1. The van der Waals surface area contributed by atoms with Crippen LogP contribution in [0.25, 0.3) is 0 Å². The van der Waals surface area contributed by atoms with E-state index in [2.05, 4.69) is 21.5 Å². The number of hydrogen-bond acceptors (Lipinski definition) is 7. The van der Waals surface area contributed by atoms with Crippen LogP contribution in [0, 0.1) is 11.3 Å². The van der Waals surface area contributed by atoms with Crippen molar-refractivity contribution < 1.29 is 22.8 Å². The van der Waals surface area contributed by atoms with E-state index in [9.17, 15) is 13.0 Å². The lowest BCUT2D eigenvalue weighted by atomic mass is 9.93. The third-order valence-corrected chi connectivity index (χ3v) is 4.88. The van der Waals surface area contributed by atoms with E-state index in [1.165, 1.54) is 24.3 Å². The Morgan fingerprint density at radius 2 is 2.04 bits per heavy atom. The molecule has 2 atom stereocenters. The van der Waals surface area contributed by atoms with Gasteiger partial charge in [-0.25, -0.2) is 8.42 Å². The van der Waals surface area contributed by atoms with Gasteiger partial charge in [0.15, 0.2) is 11.9 Å². The predicted octanol–water partition coefficient (Wildman–Crippen LogP) is 1.12. The molecule has 0 saturated carbocycles. The Balaban J connectivity index is 0.000000209. The summed E-state index contributed by atoms with van der Waals surface area (Å²) in [6, 6.07) is 9.51. The number of benzene rings is 1. The Hall–Kier alpha value is -2.28.